The molecule has 0 amide bonds. The van der Waals surface area contributed by atoms with E-state index in [0.29, 0.717) is 5.92 Å². The van der Waals surface area contributed by atoms with Crippen LogP contribution in [0.5, 0.6) is 0 Å². The molecule has 3 aliphatic heterocycles. The second-order valence-corrected chi connectivity index (χ2v) is 7.90. The van der Waals surface area contributed by atoms with Crippen LogP contribution in [0.15, 0.2) is 113 Å². The lowest BCUT2D eigenvalue weighted by atomic mass is 9.81. The highest BCUT2D eigenvalue weighted by Gasteiger charge is 2.42. The first-order valence-electron chi connectivity index (χ1n) is 10.5. The van der Waals surface area contributed by atoms with Crippen molar-refractivity contribution in [2.45, 2.75) is 12.5 Å². The summed E-state index contributed by atoms with van der Waals surface area (Å²) in [6, 6.07) is 19.5. The van der Waals surface area contributed by atoms with E-state index in [0.717, 1.165) is 17.7 Å². The van der Waals surface area contributed by atoms with Crippen LogP contribution in [0.2, 0.25) is 0 Å². The molecule has 0 bridgehead atoms. The minimum atomic E-state index is 0.250. The molecule has 3 heterocycles. The van der Waals surface area contributed by atoms with Gasteiger partial charge in [-0.2, -0.15) is 4.58 Å². The van der Waals surface area contributed by atoms with Crippen LogP contribution >= 0.6 is 0 Å². The predicted octanol–water partition coefficient (Wildman–Crippen LogP) is 5.56. The Morgan fingerprint density at radius 3 is 2.63 bits per heavy atom. The molecule has 2 heteroatoms. The molecule has 2 nitrogen and oxygen atoms in total. The Bertz CT molecular complexity index is 1290. The lowest BCUT2D eigenvalue weighted by Crippen LogP contribution is -2.34. The fraction of sp³-hybridized carbons (Fsp3) is 0.107. The summed E-state index contributed by atoms with van der Waals surface area (Å²) in [6.07, 6.45) is 18.6. The number of hydrogen-bond donors (Lipinski definition) is 0. The van der Waals surface area contributed by atoms with E-state index in [2.05, 4.69) is 106 Å². The van der Waals surface area contributed by atoms with Gasteiger partial charge in [0.05, 0.1) is 5.56 Å². The quantitative estimate of drug-likeness (QED) is 0.485. The van der Waals surface area contributed by atoms with Gasteiger partial charge in [-0.05, 0) is 36.8 Å². The average molecular weight is 385 g/mol. The fourth-order valence-electron chi connectivity index (χ4n) is 4.84. The number of hydrogen-bond acceptors (Lipinski definition) is 1. The minimum absolute atomic E-state index is 0.250. The van der Waals surface area contributed by atoms with Gasteiger partial charge >= 0.3 is 0 Å². The van der Waals surface area contributed by atoms with E-state index in [4.69, 9.17) is 0 Å². The monoisotopic (exact) mass is 385 g/mol. The summed E-state index contributed by atoms with van der Waals surface area (Å²) < 4.78 is 2.50. The first-order chi connectivity index (χ1) is 14.9. The van der Waals surface area contributed by atoms with E-state index in [-0.39, 0.29) is 6.04 Å². The highest BCUT2D eigenvalue weighted by Crippen LogP contribution is 2.41. The molecule has 1 aliphatic carbocycles. The first-order valence-corrected chi connectivity index (χ1v) is 10.5. The molecule has 0 fully saturated rings. The van der Waals surface area contributed by atoms with Crippen molar-refractivity contribution >= 4 is 23.3 Å². The summed E-state index contributed by atoms with van der Waals surface area (Å²) in [5.74, 6) is 0.427. The second kappa shape index (κ2) is 6.95. The zero-order valence-electron chi connectivity index (χ0n) is 16.6. The van der Waals surface area contributed by atoms with Gasteiger partial charge in [0, 0.05) is 41.0 Å². The van der Waals surface area contributed by atoms with Gasteiger partial charge in [0.2, 0.25) is 17.5 Å². The number of rotatable bonds is 3. The minimum Gasteiger partial charge on any atom is -0.247 e. The summed E-state index contributed by atoms with van der Waals surface area (Å²) in [5, 5.41) is 0. The van der Waals surface area contributed by atoms with E-state index in [1.54, 1.807) is 0 Å². The van der Waals surface area contributed by atoms with Gasteiger partial charge in [0.25, 0.3) is 0 Å². The molecule has 142 valence electrons. The van der Waals surface area contributed by atoms with Crippen molar-refractivity contribution < 1.29 is 4.58 Å². The maximum atomic E-state index is 4.54. The Labute approximate surface area is 176 Å². The standard InChI is InChI=1S/C28H21N2/c1-2-9-20(10-3-1)26-16-17-27-22-12-5-4-11-21(22)19-28(30(26)27)24-14-7-6-13-23(24)25-15-8-18-29-25/h1-10,12-14,16-19,21,27H,11H2/q+1. The lowest BCUT2D eigenvalue weighted by Gasteiger charge is -2.28. The molecular formula is C28H21N2+. The second-order valence-electron chi connectivity index (χ2n) is 7.90. The molecular weight excluding hydrogens is 364 g/mol. The third-order valence-corrected chi connectivity index (χ3v) is 6.20. The number of allylic oxidation sites excluding steroid dienone is 6. The highest BCUT2D eigenvalue weighted by atomic mass is 15.1. The molecule has 0 saturated carbocycles. The lowest BCUT2D eigenvalue weighted by molar-refractivity contribution is -0.451. The van der Waals surface area contributed by atoms with Crippen molar-refractivity contribution in [3.63, 3.8) is 0 Å². The zero-order valence-corrected chi connectivity index (χ0v) is 16.6. The van der Waals surface area contributed by atoms with Crippen LogP contribution in [-0.4, -0.2) is 22.5 Å². The van der Waals surface area contributed by atoms with Crippen LogP contribution < -0.4 is 0 Å². The van der Waals surface area contributed by atoms with Gasteiger partial charge in [-0.3, -0.25) is 0 Å². The third kappa shape index (κ3) is 2.66. The summed E-state index contributed by atoms with van der Waals surface area (Å²) in [7, 11) is 0. The summed E-state index contributed by atoms with van der Waals surface area (Å²) in [4.78, 5) is 4.54. The SMILES string of the molecule is C1=CC=NC=1c1ccccc1C1=CC2CC=CC=C2C2C=CC(c3ccccc3)=[N+]12. The van der Waals surface area contributed by atoms with Crippen molar-refractivity contribution in [1.29, 1.82) is 0 Å². The Kier molecular flexibility index (Phi) is 3.97. The summed E-state index contributed by atoms with van der Waals surface area (Å²) in [6.45, 7) is 0. The maximum Gasteiger partial charge on any atom is 0.213 e. The Morgan fingerprint density at radius 2 is 1.80 bits per heavy atom. The van der Waals surface area contributed by atoms with Crippen LogP contribution in [0.3, 0.4) is 0 Å². The number of fused-ring (bicyclic) bond motifs is 3. The molecule has 6 rings (SSSR count). The van der Waals surface area contributed by atoms with Gasteiger partial charge in [0.1, 0.15) is 5.70 Å². The van der Waals surface area contributed by atoms with Crippen molar-refractivity contribution in [2.75, 3.05) is 0 Å². The molecule has 0 N–H and O–H groups in total. The van der Waals surface area contributed by atoms with Crippen LogP contribution in [0, 0.1) is 5.92 Å². The molecule has 2 aromatic carbocycles. The van der Waals surface area contributed by atoms with Crippen molar-refractivity contribution in [3.8, 4) is 0 Å². The number of nitrogens with zero attached hydrogens (tertiary/aromatic N) is 2. The Morgan fingerprint density at radius 1 is 0.967 bits per heavy atom. The largest absolute Gasteiger partial charge is 0.247 e. The normalized spacial score (nSPS) is 23.3. The molecule has 30 heavy (non-hydrogen) atoms. The highest BCUT2D eigenvalue weighted by molar-refractivity contribution is 6.07. The van der Waals surface area contributed by atoms with E-state index in [9.17, 15) is 0 Å². The molecule has 2 aromatic rings. The third-order valence-electron chi connectivity index (χ3n) is 6.20. The van der Waals surface area contributed by atoms with Gasteiger partial charge in [-0.15, -0.1) is 0 Å². The Balaban J connectivity index is 1.61. The molecule has 0 spiro atoms. The van der Waals surface area contributed by atoms with E-state index in [1.165, 1.54) is 28.1 Å². The molecule has 0 saturated heterocycles. The van der Waals surface area contributed by atoms with Gasteiger partial charge in [-0.25, -0.2) is 4.99 Å². The molecule has 2 unspecified atom stereocenters. The zero-order chi connectivity index (χ0) is 19.9. The number of benzene rings is 2. The van der Waals surface area contributed by atoms with E-state index in [1.807, 2.05) is 12.3 Å². The first kappa shape index (κ1) is 17.1. The van der Waals surface area contributed by atoms with Crippen molar-refractivity contribution in [1.82, 2.24) is 0 Å². The Hall–Kier alpha value is -3.74. The summed E-state index contributed by atoms with van der Waals surface area (Å²) in [5.41, 5.74) is 11.7. The van der Waals surface area contributed by atoms with Crippen LogP contribution in [0.4, 0.5) is 0 Å². The van der Waals surface area contributed by atoms with Gasteiger partial charge < -0.3 is 0 Å². The fourth-order valence-corrected chi connectivity index (χ4v) is 4.84. The van der Waals surface area contributed by atoms with Gasteiger partial charge in [0.15, 0.2) is 0 Å². The summed E-state index contributed by atoms with van der Waals surface area (Å²) >= 11 is 0. The molecule has 4 aliphatic rings. The molecule has 0 aromatic heterocycles. The number of aliphatic imine (C=N–C) groups is 1. The molecule has 0 radical (unpaired) electrons. The average Bonchev–Trinajstić information content (AvgIpc) is 3.50. The topological polar surface area (TPSA) is 15.4 Å². The van der Waals surface area contributed by atoms with Crippen LogP contribution in [-0.2, 0) is 0 Å². The predicted molar refractivity (Wildman–Crippen MR) is 123 cm³/mol. The van der Waals surface area contributed by atoms with Crippen LogP contribution in [0.25, 0.3) is 11.4 Å². The van der Waals surface area contributed by atoms with E-state index >= 15 is 0 Å². The molecule has 2 atom stereocenters. The smallest absolute Gasteiger partial charge is 0.213 e. The maximum absolute atomic E-state index is 4.54. The van der Waals surface area contributed by atoms with E-state index < -0.39 is 0 Å². The van der Waals surface area contributed by atoms with Gasteiger partial charge in [-0.1, -0.05) is 60.4 Å². The van der Waals surface area contributed by atoms with Crippen LogP contribution in [0.1, 0.15) is 23.1 Å². The van der Waals surface area contributed by atoms with Crippen molar-refractivity contribution in [3.05, 3.63) is 125 Å². The van der Waals surface area contributed by atoms with Crippen molar-refractivity contribution in [2.24, 2.45) is 10.9 Å².